The van der Waals surface area contributed by atoms with Gasteiger partial charge >= 0.3 is 0 Å². The van der Waals surface area contributed by atoms with Gasteiger partial charge in [-0.15, -0.1) is 0 Å². The smallest absolute Gasteiger partial charge is 0.258 e. The molecule has 8 heteroatoms. The number of phenolic OH excluding ortho intramolecular Hbond substituents is 1. The standard InChI is InChI=1S/C11H15FN2O4S/c1-19(17,18)14-7-3-6-13-11(16)10-8(12)4-2-5-9(10)15/h2,4-5,14-15H,3,6-7H2,1H3,(H,13,16). The second kappa shape index (κ2) is 6.48. The molecule has 0 atom stereocenters. The van der Waals surface area contributed by atoms with Crippen LogP contribution < -0.4 is 10.0 Å². The molecule has 1 aromatic carbocycles. The molecule has 0 aliphatic heterocycles. The molecule has 0 unspecified atom stereocenters. The number of halogens is 1. The molecule has 0 aliphatic rings. The third-order valence-electron chi connectivity index (χ3n) is 2.22. The topological polar surface area (TPSA) is 95.5 Å². The van der Waals surface area contributed by atoms with Gasteiger partial charge in [-0.1, -0.05) is 6.07 Å². The third kappa shape index (κ3) is 5.23. The maximum atomic E-state index is 13.3. The van der Waals surface area contributed by atoms with E-state index in [1.807, 2.05) is 0 Å². The zero-order valence-corrected chi connectivity index (χ0v) is 11.1. The van der Waals surface area contributed by atoms with Crippen molar-refractivity contribution < 1.29 is 22.7 Å². The lowest BCUT2D eigenvalue weighted by molar-refractivity contribution is 0.0946. The van der Waals surface area contributed by atoms with E-state index in [9.17, 15) is 22.7 Å². The molecule has 1 aromatic rings. The fourth-order valence-electron chi connectivity index (χ4n) is 1.37. The molecule has 0 saturated heterocycles. The Labute approximate surface area is 110 Å². The van der Waals surface area contributed by atoms with E-state index >= 15 is 0 Å². The van der Waals surface area contributed by atoms with Crippen LogP contribution in [0.2, 0.25) is 0 Å². The van der Waals surface area contributed by atoms with Crippen LogP contribution in [-0.4, -0.2) is 38.8 Å². The largest absolute Gasteiger partial charge is 0.507 e. The fourth-order valence-corrected chi connectivity index (χ4v) is 1.89. The summed E-state index contributed by atoms with van der Waals surface area (Å²) in [5, 5.41) is 11.8. The Hall–Kier alpha value is -1.67. The number of carbonyl (C=O) groups excluding carboxylic acids is 1. The molecule has 3 N–H and O–H groups in total. The van der Waals surface area contributed by atoms with Crippen molar-refractivity contribution >= 4 is 15.9 Å². The van der Waals surface area contributed by atoms with Crippen molar-refractivity contribution in [3.63, 3.8) is 0 Å². The summed E-state index contributed by atoms with van der Waals surface area (Å²) in [6.45, 7) is 0.331. The molecule has 0 radical (unpaired) electrons. The number of hydrogen-bond donors (Lipinski definition) is 3. The van der Waals surface area contributed by atoms with E-state index in [1.165, 1.54) is 12.1 Å². The van der Waals surface area contributed by atoms with Crippen molar-refractivity contribution in [3.8, 4) is 5.75 Å². The molecule has 0 heterocycles. The fraction of sp³-hybridized carbons (Fsp3) is 0.364. The Morgan fingerprint density at radius 2 is 2.05 bits per heavy atom. The molecular weight excluding hydrogens is 275 g/mol. The lowest BCUT2D eigenvalue weighted by atomic mass is 10.1. The number of nitrogens with one attached hydrogen (secondary N) is 2. The van der Waals surface area contributed by atoms with Gasteiger partial charge in [0.25, 0.3) is 5.91 Å². The summed E-state index contributed by atoms with van der Waals surface area (Å²) in [5.41, 5.74) is -0.418. The number of aromatic hydroxyl groups is 1. The number of sulfonamides is 1. The summed E-state index contributed by atoms with van der Waals surface area (Å²) in [5.74, 6) is -1.99. The van der Waals surface area contributed by atoms with Crippen LogP contribution >= 0.6 is 0 Å². The Morgan fingerprint density at radius 1 is 1.37 bits per heavy atom. The summed E-state index contributed by atoms with van der Waals surface area (Å²) in [6.07, 6.45) is 1.39. The first-order chi connectivity index (χ1) is 8.81. The molecule has 1 amide bonds. The molecule has 0 saturated carbocycles. The van der Waals surface area contributed by atoms with Crippen LogP contribution in [-0.2, 0) is 10.0 Å². The Bertz CT molecular complexity index is 540. The minimum atomic E-state index is -3.25. The van der Waals surface area contributed by atoms with Gasteiger partial charge in [0.15, 0.2) is 0 Å². The first-order valence-corrected chi connectivity index (χ1v) is 7.40. The SMILES string of the molecule is CS(=O)(=O)NCCCNC(=O)c1c(O)cccc1F. The maximum Gasteiger partial charge on any atom is 0.258 e. The van der Waals surface area contributed by atoms with Gasteiger partial charge in [0, 0.05) is 13.1 Å². The molecule has 6 nitrogen and oxygen atoms in total. The average Bonchev–Trinajstić information content (AvgIpc) is 2.26. The maximum absolute atomic E-state index is 13.3. The van der Waals surface area contributed by atoms with Crippen molar-refractivity contribution in [2.45, 2.75) is 6.42 Å². The van der Waals surface area contributed by atoms with Gasteiger partial charge in [-0.3, -0.25) is 4.79 Å². The number of hydrogen-bond acceptors (Lipinski definition) is 4. The van der Waals surface area contributed by atoms with Gasteiger partial charge < -0.3 is 10.4 Å². The number of rotatable bonds is 6. The number of amides is 1. The molecule has 0 aromatic heterocycles. The van der Waals surface area contributed by atoms with Crippen LogP contribution in [0.3, 0.4) is 0 Å². The van der Waals surface area contributed by atoms with Crippen molar-refractivity contribution in [1.29, 1.82) is 0 Å². The van der Waals surface area contributed by atoms with Gasteiger partial charge in [0.2, 0.25) is 10.0 Å². The summed E-state index contributed by atoms with van der Waals surface area (Å²) >= 11 is 0. The first-order valence-electron chi connectivity index (χ1n) is 5.51. The molecule has 1 rings (SSSR count). The highest BCUT2D eigenvalue weighted by atomic mass is 32.2. The molecule has 0 fully saturated rings. The summed E-state index contributed by atoms with van der Waals surface area (Å²) in [7, 11) is -3.25. The monoisotopic (exact) mass is 290 g/mol. The van der Waals surface area contributed by atoms with E-state index in [2.05, 4.69) is 10.0 Å². The second-order valence-corrected chi connectivity index (χ2v) is 5.74. The molecule has 106 valence electrons. The number of benzene rings is 1. The predicted molar refractivity (Wildman–Crippen MR) is 67.9 cm³/mol. The van der Waals surface area contributed by atoms with Crippen molar-refractivity contribution in [1.82, 2.24) is 10.0 Å². The normalized spacial score (nSPS) is 11.3. The lowest BCUT2D eigenvalue weighted by Crippen LogP contribution is -2.29. The minimum Gasteiger partial charge on any atom is -0.507 e. The van der Waals surface area contributed by atoms with Gasteiger partial charge in [0.05, 0.1) is 6.26 Å². The second-order valence-electron chi connectivity index (χ2n) is 3.91. The lowest BCUT2D eigenvalue weighted by Gasteiger charge is -2.07. The van der Waals surface area contributed by atoms with Crippen molar-refractivity contribution in [3.05, 3.63) is 29.6 Å². The van der Waals surface area contributed by atoms with Gasteiger partial charge in [0.1, 0.15) is 17.1 Å². The Morgan fingerprint density at radius 3 is 2.63 bits per heavy atom. The van der Waals surface area contributed by atoms with Gasteiger partial charge in [-0.25, -0.2) is 17.5 Å². The highest BCUT2D eigenvalue weighted by Crippen LogP contribution is 2.19. The zero-order chi connectivity index (χ0) is 14.5. The van der Waals surface area contributed by atoms with Crippen molar-refractivity contribution in [2.24, 2.45) is 0 Å². The molecule has 19 heavy (non-hydrogen) atoms. The molecule has 0 aliphatic carbocycles. The summed E-state index contributed by atoms with van der Waals surface area (Å²) in [4.78, 5) is 11.6. The van der Waals surface area contributed by atoms with E-state index < -0.39 is 33.1 Å². The number of phenols is 1. The van der Waals surface area contributed by atoms with Crippen LogP contribution in [0.15, 0.2) is 18.2 Å². The Kier molecular flexibility index (Phi) is 5.25. The zero-order valence-electron chi connectivity index (χ0n) is 10.3. The molecule has 0 spiro atoms. The molecular formula is C11H15FN2O4S. The van der Waals surface area contributed by atoms with E-state index in [4.69, 9.17) is 0 Å². The van der Waals surface area contributed by atoms with E-state index in [-0.39, 0.29) is 13.1 Å². The van der Waals surface area contributed by atoms with Crippen molar-refractivity contribution in [2.75, 3.05) is 19.3 Å². The van der Waals surface area contributed by atoms with Crippen LogP contribution in [0.1, 0.15) is 16.8 Å². The predicted octanol–water partition coefficient (Wildman–Crippen LogP) is 0.200. The Balaban J connectivity index is 2.44. The van der Waals surface area contributed by atoms with Crippen LogP contribution in [0.5, 0.6) is 5.75 Å². The van der Waals surface area contributed by atoms with E-state index in [0.29, 0.717) is 6.42 Å². The summed E-state index contributed by atoms with van der Waals surface area (Å²) < 4.78 is 37.1. The van der Waals surface area contributed by atoms with E-state index in [1.54, 1.807) is 0 Å². The van der Waals surface area contributed by atoms with E-state index in [0.717, 1.165) is 12.3 Å². The van der Waals surface area contributed by atoms with Crippen LogP contribution in [0.25, 0.3) is 0 Å². The highest BCUT2D eigenvalue weighted by molar-refractivity contribution is 7.88. The van der Waals surface area contributed by atoms with Gasteiger partial charge in [-0.05, 0) is 18.6 Å². The summed E-state index contributed by atoms with van der Waals surface area (Å²) in [6, 6.07) is 3.57. The minimum absolute atomic E-state index is 0.162. The highest BCUT2D eigenvalue weighted by Gasteiger charge is 2.15. The first kappa shape index (κ1) is 15.4. The van der Waals surface area contributed by atoms with Gasteiger partial charge in [-0.2, -0.15) is 0 Å². The average molecular weight is 290 g/mol. The molecule has 0 bridgehead atoms. The number of carbonyl (C=O) groups is 1. The third-order valence-corrected chi connectivity index (χ3v) is 2.95. The quantitative estimate of drug-likeness (QED) is 0.652. The van der Waals surface area contributed by atoms with Crippen LogP contribution in [0, 0.1) is 5.82 Å². The van der Waals surface area contributed by atoms with Crippen LogP contribution in [0.4, 0.5) is 4.39 Å².